The molecule has 150 valence electrons. The standard InChI is InChI=1S/C19H19F2N3O3.ClH/c20-13-5-11-16(24(10-1-2-10)8-12(18(11)25)19(26)27)15(21)17(13)23-4-3-9-6-22-7-14(9)23;/h5,8-10,14,22H,1-4,6-7H2,(H,26,27);1H. The van der Waals surface area contributed by atoms with Crippen LogP contribution in [0.2, 0.25) is 0 Å². The number of carboxylic acid groups (broad SMARTS) is 1. The molecule has 0 spiro atoms. The first-order valence-corrected chi connectivity index (χ1v) is 9.25. The molecule has 6 nitrogen and oxygen atoms in total. The van der Waals surface area contributed by atoms with Crippen LogP contribution in [0.5, 0.6) is 0 Å². The number of nitrogens with one attached hydrogen (secondary N) is 1. The minimum Gasteiger partial charge on any atom is -0.477 e. The van der Waals surface area contributed by atoms with Gasteiger partial charge in [-0.15, -0.1) is 12.4 Å². The Balaban J connectivity index is 0.00000192. The molecule has 9 heteroatoms. The third-order valence-corrected chi connectivity index (χ3v) is 6.09. The number of carbonyl (C=O) groups is 1. The molecule has 2 N–H and O–H groups in total. The number of fused-ring (bicyclic) bond motifs is 2. The number of nitrogens with zero attached hydrogens (tertiary/aromatic N) is 2. The summed E-state index contributed by atoms with van der Waals surface area (Å²) in [5.41, 5.74) is -1.39. The number of aromatic nitrogens is 1. The van der Waals surface area contributed by atoms with Gasteiger partial charge in [0.15, 0.2) is 5.82 Å². The van der Waals surface area contributed by atoms with Gasteiger partial charge in [-0.05, 0) is 31.2 Å². The number of hydrogen-bond donors (Lipinski definition) is 2. The highest BCUT2D eigenvalue weighted by Gasteiger charge is 2.40. The summed E-state index contributed by atoms with van der Waals surface area (Å²) in [6, 6.07) is 0.987. The first kappa shape index (κ1) is 19.1. The van der Waals surface area contributed by atoms with Gasteiger partial charge in [0, 0.05) is 37.9 Å². The molecule has 1 aromatic heterocycles. The molecule has 0 bridgehead atoms. The van der Waals surface area contributed by atoms with E-state index in [0.717, 1.165) is 31.9 Å². The fourth-order valence-corrected chi connectivity index (χ4v) is 4.61. The van der Waals surface area contributed by atoms with Crippen molar-refractivity contribution in [3.8, 4) is 0 Å². The van der Waals surface area contributed by atoms with Crippen LogP contribution < -0.4 is 15.6 Å². The maximum atomic E-state index is 15.6. The molecule has 0 radical (unpaired) electrons. The van der Waals surface area contributed by atoms with Crippen LogP contribution >= 0.6 is 12.4 Å². The van der Waals surface area contributed by atoms with E-state index in [1.165, 1.54) is 10.8 Å². The summed E-state index contributed by atoms with van der Waals surface area (Å²) in [6.07, 6.45) is 3.63. The van der Waals surface area contributed by atoms with Crippen LogP contribution in [0.4, 0.5) is 14.5 Å². The Morgan fingerprint density at radius 3 is 2.64 bits per heavy atom. The maximum absolute atomic E-state index is 15.6. The van der Waals surface area contributed by atoms with Gasteiger partial charge in [0.2, 0.25) is 5.43 Å². The number of hydrogen-bond acceptors (Lipinski definition) is 4. The second-order valence-corrected chi connectivity index (χ2v) is 7.70. The lowest BCUT2D eigenvalue weighted by atomic mass is 10.0. The van der Waals surface area contributed by atoms with Gasteiger partial charge >= 0.3 is 5.97 Å². The van der Waals surface area contributed by atoms with Gasteiger partial charge in [-0.1, -0.05) is 0 Å². The van der Waals surface area contributed by atoms with Gasteiger partial charge in [0.25, 0.3) is 0 Å². The number of aromatic carboxylic acids is 1. The minimum atomic E-state index is -1.39. The van der Waals surface area contributed by atoms with E-state index in [-0.39, 0.29) is 41.1 Å². The van der Waals surface area contributed by atoms with E-state index in [2.05, 4.69) is 5.32 Å². The number of pyridine rings is 1. The van der Waals surface area contributed by atoms with Crippen molar-refractivity contribution in [2.24, 2.45) is 5.92 Å². The molecule has 2 aromatic rings. The maximum Gasteiger partial charge on any atom is 0.341 e. The molecule has 3 fully saturated rings. The quantitative estimate of drug-likeness (QED) is 0.812. The Morgan fingerprint density at radius 2 is 1.96 bits per heavy atom. The van der Waals surface area contributed by atoms with Crippen LogP contribution in [0.3, 0.4) is 0 Å². The first-order chi connectivity index (χ1) is 13.0. The van der Waals surface area contributed by atoms with Crippen molar-refractivity contribution in [1.29, 1.82) is 0 Å². The van der Waals surface area contributed by atoms with Crippen LogP contribution in [0, 0.1) is 17.6 Å². The predicted octanol–water partition coefficient (Wildman–Crippen LogP) is 2.53. The summed E-state index contributed by atoms with van der Waals surface area (Å²) in [5.74, 6) is -2.60. The highest BCUT2D eigenvalue weighted by atomic mass is 35.5. The number of benzene rings is 1. The Hall–Kier alpha value is -2.19. The normalized spacial score (nSPS) is 23.7. The molecule has 2 aliphatic heterocycles. The topological polar surface area (TPSA) is 74.6 Å². The zero-order valence-corrected chi connectivity index (χ0v) is 15.8. The molecule has 2 unspecified atom stereocenters. The third-order valence-electron chi connectivity index (χ3n) is 6.09. The van der Waals surface area contributed by atoms with Crippen LogP contribution in [0.1, 0.15) is 35.7 Å². The average Bonchev–Trinajstić information content (AvgIpc) is 3.23. The zero-order valence-electron chi connectivity index (χ0n) is 15.0. The fourth-order valence-electron chi connectivity index (χ4n) is 4.61. The van der Waals surface area contributed by atoms with Gasteiger partial charge in [0.05, 0.1) is 10.9 Å². The molecule has 1 saturated carbocycles. The number of rotatable bonds is 3. The molecule has 0 amide bonds. The highest BCUT2D eigenvalue weighted by Crippen LogP contribution is 2.41. The van der Waals surface area contributed by atoms with Crippen molar-refractivity contribution in [3.63, 3.8) is 0 Å². The van der Waals surface area contributed by atoms with E-state index in [9.17, 15) is 19.1 Å². The molecule has 3 aliphatic rings. The minimum absolute atomic E-state index is 0. The Bertz CT molecular complexity index is 1040. The molecule has 28 heavy (non-hydrogen) atoms. The summed E-state index contributed by atoms with van der Waals surface area (Å²) >= 11 is 0. The lowest BCUT2D eigenvalue weighted by Crippen LogP contribution is -2.35. The molecular formula is C19H20ClF2N3O3. The Kier molecular flexibility index (Phi) is 4.58. The zero-order chi connectivity index (χ0) is 18.9. The van der Waals surface area contributed by atoms with E-state index >= 15 is 4.39 Å². The van der Waals surface area contributed by atoms with Crippen molar-refractivity contribution < 1.29 is 18.7 Å². The van der Waals surface area contributed by atoms with Gasteiger partial charge in [-0.3, -0.25) is 4.79 Å². The van der Waals surface area contributed by atoms with E-state index < -0.39 is 28.6 Å². The fraction of sp³-hybridized carbons (Fsp3) is 0.474. The third kappa shape index (κ3) is 2.69. The van der Waals surface area contributed by atoms with Crippen molar-refractivity contribution in [3.05, 3.63) is 39.7 Å². The predicted molar refractivity (Wildman–Crippen MR) is 103 cm³/mol. The summed E-state index contributed by atoms with van der Waals surface area (Å²) < 4.78 is 32.1. The number of anilines is 1. The summed E-state index contributed by atoms with van der Waals surface area (Å²) in [4.78, 5) is 25.7. The molecule has 2 atom stereocenters. The smallest absolute Gasteiger partial charge is 0.341 e. The van der Waals surface area contributed by atoms with E-state index in [4.69, 9.17) is 0 Å². The largest absolute Gasteiger partial charge is 0.477 e. The van der Waals surface area contributed by atoms with Crippen LogP contribution in [-0.2, 0) is 0 Å². The Labute approximate surface area is 165 Å². The number of halogens is 3. The van der Waals surface area contributed by atoms with Crippen LogP contribution in [-0.4, -0.2) is 41.3 Å². The SMILES string of the molecule is Cl.O=C(O)c1cn(C2CC2)c2c(F)c(N3CCC4CNCC43)c(F)cc2c1=O. The lowest BCUT2D eigenvalue weighted by molar-refractivity contribution is 0.0695. The van der Waals surface area contributed by atoms with Gasteiger partial charge in [0.1, 0.15) is 17.1 Å². The van der Waals surface area contributed by atoms with Crippen molar-refractivity contribution >= 4 is 35.0 Å². The lowest BCUT2D eigenvalue weighted by Gasteiger charge is -2.27. The first-order valence-electron chi connectivity index (χ1n) is 9.25. The molecular weight excluding hydrogens is 392 g/mol. The van der Waals surface area contributed by atoms with Gasteiger partial charge in [-0.2, -0.15) is 0 Å². The second kappa shape index (κ2) is 6.70. The van der Waals surface area contributed by atoms with Gasteiger partial charge in [-0.25, -0.2) is 13.6 Å². The Morgan fingerprint density at radius 1 is 1.21 bits per heavy atom. The molecule has 2 saturated heterocycles. The number of carboxylic acids is 1. The van der Waals surface area contributed by atoms with Crippen molar-refractivity contribution in [1.82, 2.24) is 9.88 Å². The van der Waals surface area contributed by atoms with E-state index in [1.54, 1.807) is 4.90 Å². The molecule has 1 aromatic carbocycles. The van der Waals surface area contributed by atoms with Gasteiger partial charge < -0.3 is 19.9 Å². The molecule has 1 aliphatic carbocycles. The summed E-state index contributed by atoms with van der Waals surface area (Å²) in [5, 5.41) is 12.4. The summed E-state index contributed by atoms with van der Waals surface area (Å²) in [7, 11) is 0. The highest BCUT2D eigenvalue weighted by molar-refractivity contribution is 5.94. The summed E-state index contributed by atoms with van der Waals surface area (Å²) in [6.45, 7) is 2.08. The monoisotopic (exact) mass is 411 g/mol. The van der Waals surface area contributed by atoms with E-state index in [0.29, 0.717) is 19.0 Å². The average molecular weight is 412 g/mol. The van der Waals surface area contributed by atoms with Crippen molar-refractivity contribution in [2.75, 3.05) is 24.5 Å². The van der Waals surface area contributed by atoms with E-state index in [1.807, 2.05) is 0 Å². The molecule has 3 heterocycles. The van der Waals surface area contributed by atoms with Crippen LogP contribution in [0.15, 0.2) is 17.1 Å². The van der Waals surface area contributed by atoms with Crippen molar-refractivity contribution in [2.45, 2.75) is 31.3 Å². The second-order valence-electron chi connectivity index (χ2n) is 7.70. The van der Waals surface area contributed by atoms with Crippen LogP contribution in [0.25, 0.3) is 10.9 Å². The molecule has 5 rings (SSSR count).